The Morgan fingerprint density at radius 2 is 1.43 bits per heavy atom. The van der Waals surface area contributed by atoms with Crippen molar-refractivity contribution in [2.45, 2.75) is 72.3 Å². The molecule has 0 fully saturated rings. The Hall–Kier alpha value is -0.0400. The molecule has 0 aromatic heterocycles. The van der Waals surface area contributed by atoms with Crippen LogP contribution in [-0.4, -0.2) is 24.0 Å². The molecule has 0 saturated heterocycles. The van der Waals surface area contributed by atoms with Crippen molar-refractivity contribution in [2.24, 2.45) is 0 Å². The zero-order chi connectivity index (χ0) is 10.8. The lowest BCUT2D eigenvalue weighted by molar-refractivity contribution is 0.179. The zero-order valence-electron chi connectivity index (χ0n) is 10.7. The van der Waals surface area contributed by atoms with E-state index in [1.807, 2.05) is 0 Å². The van der Waals surface area contributed by atoms with Crippen molar-refractivity contribution in [3.8, 4) is 0 Å². The van der Waals surface area contributed by atoms with Crippen LogP contribution in [0.25, 0.3) is 0 Å². The first kappa shape index (κ1) is 14.0. The lowest BCUT2D eigenvalue weighted by Gasteiger charge is -2.30. The minimum Gasteiger partial charge on any atom is -0.300 e. The molecule has 14 heavy (non-hydrogen) atoms. The standard InChI is InChI=1S/C13H29N/c1-5-9-10-13(8-4)14(11-6-2)12-7-3/h13H,5-12H2,1-4H3. The van der Waals surface area contributed by atoms with E-state index in [-0.39, 0.29) is 0 Å². The van der Waals surface area contributed by atoms with Gasteiger partial charge in [0.25, 0.3) is 0 Å². The monoisotopic (exact) mass is 199 g/mol. The van der Waals surface area contributed by atoms with Crippen LogP contribution in [0.2, 0.25) is 0 Å². The van der Waals surface area contributed by atoms with Crippen molar-refractivity contribution in [3.63, 3.8) is 0 Å². The summed E-state index contributed by atoms with van der Waals surface area (Å²) in [6.07, 6.45) is 8.03. The Kier molecular flexibility index (Phi) is 9.49. The molecule has 1 heteroatoms. The molecule has 0 amide bonds. The van der Waals surface area contributed by atoms with Gasteiger partial charge in [-0.15, -0.1) is 0 Å². The van der Waals surface area contributed by atoms with Crippen molar-refractivity contribution >= 4 is 0 Å². The average Bonchev–Trinajstić information content (AvgIpc) is 2.19. The third kappa shape index (κ3) is 5.64. The first-order chi connectivity index (χ1) is 6.79. The quantitative estimate of drug-likeness (QED) is 0.541. The molecule has 0 N–H and O–H groups in total. The molecule has 86 valence electrons. The second-order valence-electron chi connectivity index (χ2n) is 4.24. The van der Waals surface area contributed by atoms with E-state index in [4.69, 9.17) is 0 Å². The van der Waals surface area contributed by atoms with E-state index in [9.17, 15) is 0 Å². The molecule has 1 unspecified atom stereocenters. The molecule has 0 aliphatic heterocycles. The highest BCUT2D eigenvalue weighted by molar-refractivity contribution is 4.69. The van der Waals surface area contributed by atoms with Crippen LogP contribution in [0.3, 0.4) is 0 Å². The number of hydrogen-bond donors (Lipinski definition) is 0. The molecule has 1 atom stereocenters. The van der Waals surface area contributed by atoms with Crippen molar-refractivity contribution in [2.75, 3.05) is 13.1 Å². The Labute approximate surface area is 90.9 Å². The van der Waals surface area contributed by atoms with E-state index in [0.717, 1.165) is 6.04 Å². The number of unbranched alkanes of at least 4 members (excludes halogenated alkanes) is 1. The van der Waals surface area contributed by atoms with Crippen molar-refractivity contribution < 1.29 is 0 Å². The van der Waals surface area contributed by atoms with Crippen LogP contribution in [0.4, 0.5) is 0 Å². The smallest absolute Gasteiger partial charge is 0.00926 e. The summed E-state index contributed by atoms with van der Waals surface area (Å²) in [5.41, 5.74) is 0. The van der Waals surface area contributed by atoms with Gasteiger partial charge < -0.3 is 4.90 Å². The topological polar surface area (TPSA) is 3.24 Å². The average molecular weight is 199 g/mol. The van der Waals surface area contributed by atoms with Crippen LogP contribution >= 0.6 is 0 Å². The summed E-state index contributed by atoms with van der Waals surface area (Å²) >= 11 is 0. The lowest BCUT2D eigenvalue weighted by Crippen LogP contribution is -2.36. The minimum absolute atomic E-state index is 0.842. The molecule has 0 aliphatic rings. The first-order valence-corrected chi connectivity index (χ1v) is 6.54. The van der Waals surface area contributed by atoms with E-state index in [2.05, 4.69) is 32.6 Å². The van der Waals surface area contributed by atoms with Gasteiger partial charge in [0.1, 0.15) is 0 Å². The summed E-state index contributed by atoms with van der Waals surface area (Å²) in [7, 11) is 0. The normalized spacial score (nSPS) is 13.5. The summed E-state index contributed by atoms with van der Waals surface area (Å²) < 4.78 is 0. The second kappa shape index (κ2) is 9.51. The van der Waals surface area contributed by atoms with Gasteiger partial charge in [-0.25, -0.2) is 0 Å². The van der Waals surface area contributed by atoms with Crippen LogP contribution in [0, 0.1) is 0 Å². The maximum atomic E-state index is 2.69. The van der Waals surface area contributed by atoms with Gasteiger partial charge in [0.15, 0.2) is 0 Å². The Bertz CT molecular complexity index is 106. The Morgan fingerprint density at radius 1 is 0.857 bits per heavy atom. The molecule has 0 rings (SSSR count). The van der Waals surface area contributed by atoms with Crippen LogP contribution < -0.4 is 0 Å². The van der Waals surface area contributed by atoms with E-state index in [1.165, 1.54) is 51.6 Å². The SMILES string of the molecule is CCCCC(CC)N(CCC)CCC. The first-order valence-electron chi connectivity index (χ1n) is 6.54. The van der Waals surface area contributed by atoms with Crippen molar-refractivity contribution in [1.82, 2.24) is 4.90 Å². The van der Waals surface area contributed by atoms with Crippen LogP contribution in [0.1, 0.15) is 66.2 Å². The maximum absolute atomic E-state index is 2.69. The van der Waals surface area contributed by atoms with Crippen LogP contribution in [-0.2, 0) is 0 Å². The molecule has 0 saturated carbocycles. The molecule has 0 aromatic carbocycles. The van der Waals surface area contributed by atoms with Gasteiger partial charge in [-0.05, 0) is 38.8 Å². The third-order valence-corrected chi connectivity index (χ3v) is 2.90. The predicted molar refractivity (Wildman–Crippen MR) is 65.8 cm³/mol. The Morgan fingerprint density at radius 3 is 1.79 bits per heavy atom. The highest BCUT2D eigenvalue weighted by Crippen LogP contribution is 2.13. The van der Waals surface area contributed by atoms with Crippen molar-refractivity contribution in [1.29, 1.82) is 0 Å². The van der Waals surface area contributed by atoms with E-state index in [0.29, 0.717) is 0 Å². The number of nitrogens with zero attached hydrogens (tertiary/aromatic N) is 1. The summed E-state index contributed by atoms with van der Waals surface area (Å²) in [6, 6.07) is 0.842. The molecule has 0 heterocycles. The Balaban J connectivity index is 3.96. The predicted octanol–water partition coefficient (Wildman–Crippen LogP) is 4.08. The van der Waals surface area contributed by atoms with E-state index >= 15 is 0 Å². The van der Waals surface area contributed by atoms with Gasteiger partial charge in [-0.3, -0.25) is 0 Å². The van der Waals surface area contributed by atoms with Gasteiger partial charge >= 0.3 is 0 Å². The summed E-state index contributed by atoms with van der Waals surface area (Å²) in [5, 5.41) is 0. The number of rotatable bonds is 9. The molecular formula is C13H29N. The van der Waals surface area contributed by atoms with E-state index in [1.54, 1.807) is 0 Å². The highest BCUT2D eigenvalue weighted by Gasteiger charge is 2.13. The fourth-order valence-electron chi connectivity index (χ4n) is 2.14. The summed E-state index contributed by atoms with van der Waals surface area (Å²) in [4.78, 5) is 2.69. The largest absolute Gasteiger partial charge is 0.300 e. The summed E-state index contributed by atoms with van der Waals surface area (Å²) in [5.74, 6) is 0. The molecule has 0 aromatic rings. The maximum Gasteiger partial charge on any atom is 0.00926 e. The zero-order valence-corrected chi connectivity index (χ0v) is 10.7. The van der Waals surface area contributed by atoms with Crippen molar-refractivity contribution in [3.05, 3.63) is 0 Å². The molecule has 0 aliphatic carbocycles. The molecule has 0 spiro atoms. The lowest BCUT2D eigenvalue weighted by atomic mass is 10.1. The number of hydrogen-bond acceptors (Lipinski definition) is 1. The van der Waals surface area contributed by atoms with Gasteiger partial charge in [0, 0.05) is 6.04 Å². The van der Waals surface area contributed by atoms with Gasteiger partial charge in [-0.2, -0.15) is 0 Å². The second-order valence-corrected chi connectivity index (χ2v) is 4.24. The van der Waals surface area contributed by atoms with Gasteiger partial charge in [0.05, 0.1) is 0 Å². The molecular weight excluding hydrogens is 170 g/mol. The fourth-order valence-corrected chi connectivity index (χ4v) is 2.14. The van der Waals surface area contributed by atoms with Gasteiger partial charge in [-0.1, -0.05) is 40.5 Å². The molecule has 0 radical (unpaired) electrons. The van der Waals surface area contributed by atoms with Crippen LogP contribution in [0.15, 0.2) is 0 Å². The van der Waals surface area contributed by atoms with Gasteiger partial charge in [0.2, 0.25) is 0 Å². The van der Waals surface area contributed by atoms with Crippen LogP contribution in [0.5, 0.6) is 0 Å². The minimum atomic E-state index is 0.842. The van der Waals surface area contributed by atoms with E-state index < -0.39 is 0 Å². The third-order valence-electron chi connectivity index (χ3n) is 2.90. The summed E-state index contributed by atoms with van der Waals surface area (Å²) in [6.45, 7) is 11.8. The fraction of sp³-hybridized carbons (Fsp3) is 1.00. The molecule has 1 nitrogen and oxygen atoms in total. The molecule has 0 bridgehead atoms. The highest BCUT2D eigenvalue weighted by atomic mass is 15.1.